The van der Waals surface area contributed by atoms with Gasteiger partial charge in [-0.3, -0.25) is 4.98 Å². The van der Waals surface area contributed by atoms with Gasteiger partial charge in [0.1, 0.15) is 0 Å². The standard InChI is InChI=1S/C18H26N2O2/c1-12(2)16-13(3)4-5-15(19-16)14-6-8-18(9-7-14)10-20(11-18)17(21)22/h4-5,12,14H,6-11H2,1-3H3,(H,21,22). The van der Waals surface area contributed by atoms with Crippen LogP contribution < -0.4 is 0 Å². The lowest BCUT2D eigenvalue weighted by Crippen LogP contribution is -2.59. The van der Waals surface area contributed by atoms with Crippen molar-refractivity contribution in [3.8, 4) is 0 Å². The van der Waals surface area contributed by atoms with Gasteiger partial charge >= 0.3 is 6.09 Å². The second-order valence-electron chi connectivity index (χ2n) is 7.51. The van der Waals surface area contributed by atoms with Crippen LogP contribution in [0.2, 0.25) is 0 Å². The van der Waals surface area contributed by atoms with Crippen LogP contribution in [0, 0.1) is 12.3 Å². The average Bonchev–Trinajstić information content (AvgIpc) is 2.45. The van der Waals surface area contributed by atoms with Crippen LogP contribution >= 0.6 is 0 Å². The summed E-state index contributed by atoms with van der Waals surface area (Å²) in [6.07, 6.45) is 3.78. The normalized spacial score (nSPS) is 21.2. The molecule has 1 spiro atoms. The fourth-order valence-electron chi connectivity index (χ4n) is 4.11. The molecule has 0 bridgehead atoms. The first-order valence-corrected chi connectivity index (χ1v) is 8.35. The summed E-state index contributed by atoms with van der Waals surface area (Å²) in [6.45, 7) is 7.99. The highest BCUT2D eigenvalue weighted by Gasteiger charge is 2.47. The summed E-state index contributed by atoms with van der Waals surface area (Å²) in [7, 11) is 0. The molecule has 1 N–H and O–H groups in total. The Morgan fingerprint density at radius 1 is 1.32 bits per heavy atom. The van der Waals surface area contributed by atoms with Crippen LogP contribution in [0.1, 0.15) is 68.3 Å². The SMILES string of the molecule is Cc1ccc(C2CCC3(CC2)CN(C(=O)O)C3)nc1C(C)C. The molecule has 120 valence electrons. The Balaban J connectivity index is 1.65. The Morgan fingerprint density at radius 2 is 1.95 bits per heavy atom. The van der Waals surface area contributed by atoms with Gasteiger partial charge in [0.05, 0.1) is 0 Å². The van der Waals surface area contributed by atoms with Crippen LogP contribution in [-0.4, -0.2) is 34.2 Å². The van der Waals surface area contributed by atoms with E-state index in [1.807, 2.05) is 0 Å². The van der Waals surface area contributed by atoms with Gasteiger partial charge < -0.3 is 10.0 Å². The van der Waals surface area contributed by atoms with Gasteiger partial charge in [-0.05, 0) is 50.2 Å². The lowest BCUT2D eigenvalue weighted by molar-refractivity contribution is -0.0190. The van der Waals surface area contributed by atoms with Crippen LogP contribution in [0.25, 0.3) is 0 Å². The molecule has 1 aromatic heterocycles. The fourth-order valence-corrected chi connectivity index (χ4v) is 4.11. The minimum Gasteiger partial charge on any atom is -0.465 e. The molecule has 1 amide bonds. The van der Waals surface area contributed by atoms with Crippen molar-refractivity contribution in [1.29, 1.82) is 0 Å². The molecule has 1 aliphatic carbocycles. The zero-order chi connectivity index (χ0) is 15.9. The molecule has 0 radical (unpaired) electrons. The molecule has 4 heteroatoms. The van der Waals surface area contributed by atoms with E-state index in [9.17, 15) is 4.79 Å². The zero-order valence-electron chi connectivity index (χ0n) is 13.8. The fraction of sp³-hybridized carbons (Fsp3) is 0.667. The van der Waals surface area contributed by atoms with Gasteiger partial charge in [0.25, 0.3) is 0 Å². The monoisotopic (exact) mass is 302 g/mol. The number of carboxylic acid groups (broad SMARTS) is 1. The largest absolute Gasteiger partial charge is 0.465 e. The van der Waals surface area contributed by atoms with Crippen LogP contribution in [-0.2, 0) is 0 Å². The summed E-state index contributed by atoms with van der Waals surface area (Å²) in [5, 5.41) is 9.00. The van der Waals surface area contributed by atoms with Crippen molar-refractivity contribution in [3.63, 3.8) is 0 Å². The average molecular weight is 302 g/mol. The molecule has 2 fully saturated rings. The molecule has 0 unspecified atom stereocenters. The summed E-state index contributed by atoms with van der Waals surface area (Å²) in [6, 6.07) is 4.39. The third-order valence-corrected chi connectivity index (χ3v) is 5.49. The van der Waals surface area contributed by atoms with E-state index < -0.39 is 6.09 Å². The molecule has 1 aliphatic heterocycles. The van der Waals surface area contributed by atoms with E-state index in [2.05, 4.69) is 32.9 Å². The number of aryl methyl sites for hydroxylation is 1. The van der Waals surface area contributed by atoms with E-state index in [0.29, 0.717) is 11.8 Å². The number of nitrogens with zero attached hydrogens (tertiary/aromatic N) is 2. The Hall–Kier alpha value is -1.58. The van der Waals surface area contributed by atoms with Crippen molar-refractivity contribution in [3.05, 3.63) is 29.1 Å². The number of pyridine rings is 1. The van der Waals surface area contributed by atoms with Crippen molar-refractivity contribution in [2.75, 3.05) is 13.1 Å². The first-order chi connectivity index (χ1) is 10.4. The molecule has 2 heterocycles. The van der Waals surface area contributed by atoms with E-state index in [1.165, 1.54) is 17.0 Å². The molecule has 2 aliphatic rings. The summed E-state index contributed by atoms with van der Waals surface area (Å²) in [5.74, 6) is 1.01. The summed E-state index contributed by atoms with van der Waals surface area (Å²) in [4.78, 5) is 17.4. The van der Waals surface area contributed by atoms with E-state index in [-0.39, 0.29) is 5.41 Å². The maximum atomic E-state index is 10.9. The number of hydrogen-bond acceptors (Lipinski definition) is 2. The number of amides is 1. The molecule has 22 heavy (non-hydrogen) atoms. The number of rotatable bonds is 2. The van der Waals surface area contributed by atoms with Gasteiger partial charge in [-0.1, -0.05) is 19.9 Å². The van der Waals surface area contributed by atoms with E-state index in [0.717, 1.165) is 38.8 Å². The quantitative estimate of drug-likeness (QED) is 0.893. The lowest BCUT2D eigenvalue weighted by atomic mass is 9.65. The van der Waals surface area contributed by atoms with Crippen molar-refractivity contribution in [2.24, 2.45) is 5.41 Å². The van der Waals surface area contributed by atoms with Crippen LogP contribution in [0.5, 0.6) is 0 Å². The maximum Gasteiger partial charge on any atom is 0.407 e. The van der Waals surface area contributed by atoms with Gasteiger partial charge in [-0.2, -0.15) is 0 Å². The van der Waals surface area contributed by atoms with Gasteiger partial charge in [-0.25, -0.2) is 4.79 Å². The lowest BCUT2D eigenvalue weighted by Gasteiger charge is -2.52. The molecule has 0 aromatic carbocycles. The first kappa shape index (κ1) is 15.3. The molecular formula is C18H26N2O2. The third-order valence-electron chi connectivity index (χ3n) is 5.49. The number of hydrogen-bond donors (Lipinski definition) is 1. The van der Waals surface area contributed by atoms with Crippen LogP contribution in [0.4, 0.5) is 4.79 Å². The van der Waals surface area contributed by atoms with Gasteiger partial charge in [0.15, 0.2) is 0 Å². The van der Waals surface area contributed by atoms with Gasteiger partial charge in [0, 0.05) is 35.8 Å². The molecule has 3 rings (SSSR count). The maximum absolute atomic E-state index is 10.9. The highest BCUT2D eigenvalue weighted by atomic mass is 16.4. The second kappa shape index (κ2) is 5.56. The minimum atomic E-state index is -0.769. The Morgan fingerprint density at radius 3 is 2.50 bits per heavy atom. The molecule has 4 nitrogen and oxygen atoms in total. The third kappa shape index (κ3) is 2.71. The highest BCUT2D eigenvalue weighted by Crippen LogP contribution is 2.48. The van der Waals surface area contributed by atoms with E-state index in [4.69, 9.17) is 10.1 Å². The Labute approximate surface area is 132 Å². The first-order valence-electron chi connectivity index (χ1n) is 8.35. The minimum absolute atomic E-state index is 0.264. The predicted octanol–water partition coefficient (Wildman–Crippen LogP) is 4.15. The molecule has 1 aromatic rings. The van der Waals surface area contributed by atoms with Crippen LogP contribution in [0.15, 0.2) is 12.1 Å². The predicted molar refractivity (Wildman–Crippen MR) is 86.3 cm³/mol. The molecular weight excluding hydrogens is 276 g/mol. The van der Waals surface area contributed by atoms with E-state index in [1.54, 1.807) is 4.90 Å². The highest BCUT2D eigenvalue weighted by molar-refractivity contribution is 5.66. The van der Waals surface area contributed by atoms with Crippen molar-refractivity contribution >= 4 is 6.09 Å². The van der Waals surface area contributed by atoms with Crippen molar-refractivity contribution in [2.45, 2.75) is 58.3 Å². The number of carbonyl (C=O) groups is 1. The van der Waals surface area contributed by atoms with Gasteiger partial charge in [0.2, 0.25) is 0 Å². The molecule has 1 saturated carbocycles. The molecule has 1 saturated heterocycles. The smallest absolute Gasteiger partial charge is 0.407 e. The second-order valence-corrected chi connectivity index (χ2v) is 7.51. The van der Waals surface area contributed by atoms with Gasteiger partial charge in [-0.15, -0.1) is 0 Å². The topological polar surface area (TPSA) is 53.4 Å². The zero-order valence-corrected chi connectivity index (χ0v) is 13.8. The van der Waals surface area contributed by atoms with E-state index >= 15 is 0 Å². The van der Waals surface area contributed by atoms with Crippen LogP contribution in [0.3, 0.4) is 0 Å². The number of likely N-dealkylation sites (tertiary alicyclic amines) is 1. The Bertz CT molecular complexity index is 566. The summed E-state index contributed by atoms with van der Waals surface area (Å²) in [5.41, 5.74) is 4.00. The summed E-state index contributed by atoms with van der Waals surface area (Å²) < 4.78 is 0. The van der Waals surface area contributed by atoms with Crippen molar-refractivity contribution < 1.29 is 9.90 Å². The Kier molecular flexibility index (Phi) is 3.87. The summed E-state index contributed by atoms with van der Waals surface area (Å²) >= 11 is 0. The molecule has 0 atom stereocenters. The number of aromatic nitrogens is 1. The van der Waals surface area contributed by atoms with Crippen molar-refractivity contribution in [1.82, 2.24) is 9.88 Å².